The van der Waals surface area contributed by atoms with Crippen molar-refractivity contribution in [2.75, 3.05) is 13.2 Å². The van der Waals surface area contributed by atoms with E-state index in [1.165, 1.54) is 10.8 Å². The molecule has 19 heavy (non-hydrogen) atoms. The van der Waals surface area contributed by atoms with Gasteiger partial charge in [0.1, 0.15) is 0 Å². The molecular formula is C16H19NO2. The first-order valence-corrected chi connectivity index (χ1v) is 6.80. The third-order valence-electron chi connectivity index (χ3n) is 4.07. The lowest BCUT2D eigenvalue weighted by Crippen LogP contribution is -2.38. The number of hydrogen-bond donors (Lipinski definition) is 3. The maximum absolute atomic E-state index is 9.99. The smallest absolute Gasteiger partial charge is 0.0712 e. The topological polar surface area (TPSA) is 52.5 Å². The summed E-state index contributed by atoms with van der Waals surface area (Å²) in [5.74, 6) is -0.0536. The van der Waals surface area contributed by atoms with E-state index in [4.69, 9.17) is 0 Å². The molecule has 2 aromatic rings. The fraction of sp³-hybridized carbons (Fsp3) is 0.375. The number of nitrogens with one attached hydrogen (secondary N) is 1. The van der Waals surface area contributed by atoms with Gasteiger partial charge in [0.05, 0.1) is 12.7 Å². The van der Waals surface area contributed by atoms with Crippen molar-refractivity contribution in [3.8, 4) is 0 Å². The number of hydrogen-bond acceptors (Lipinski definition) is 3. The Morgan fingerprint density at radius 3 is 2.63 bits per heavy atom. The summed E-state index contributed by atoms with van der Waals surface area (Å²) in [5.41, 5.74) is 1.08. The van der Waals surface area contributed by atoms with Gasteiger partial charge >= 0.3 is 0 Å². The van der Waals surface area contributed by atoms with Crippen LogP contribution in [-0.2, 0) is 0 Å². The van der Waals surface area contributed by atoms with Crippen molar-refractivity contribution in [1.82, 2.24) is 5.32 Å². The van der Waals surface area contributed by atoms with Crippen molar-refractivity contribution in [2.45, 2.75) is 24.5 Å². The summed E-state index contributed by atoms with van der Waals surface area (Å²) in [4.78, 5) is 0. The Morgan fingerprint density at radius 2 is 1.95 bits per heavy atom. The van der Waals surface area contributed by atoms with Crippen molar-refractivity contribution in [2.24, 2.45) is 0 Å². The molecule has 1 aliphatic heterocycles. The monoisotopic (exact) mass is 257 g/mol. The summed E-state index contributed by atoms with van der Waals surface area (Å²) in [6.07, 6.45) is 0.387. The third-order valence-corrected chi connectivity index (χ3v) is 4.07. The summed E-state index contributed by atoms with van der Waals surface area (Å²) in [6, 6.07) is 14.4. The number of aliphatic hydroxyl groups excluding tert-OH is 2. The van der Waals surface area contributed by atoms with Crippen molar-refractivity contribution in [1.29, 1.82) is 0 Å². The van der Waals surface area contributed by atoms with E-state index in [-0.39, 0.29) is 24.7 Å². The third kappa shape index (κ3) is 2.37. The first-order valence-electron chi connectivity index (χ1n) is 6.80. The van der Waals surface area contributed by atoms with Crippen LogP contribution in [0.3, 0.4) is 0 Å². The van der Waals surface area contributed by atoms with Gasteiger partial charge in [-0.15, -0.1) is 0 Å². The Bertz CT molecular complexity index is 569. The van der Waals surface area contributed by atoms with Gasteiger partial charge in [-0.1, -0.05) is 42.5 Å². The highest BCUT2D eigenvalue weighted by Gasteiger charge is 2.32. The first-order chi connectivity index (χ1) is 9.29. The van der Waals surface area contributed by atoms with E-state index in [1.807, 2.05) is 12.1 Å². The van der Waals surface area contributed by atoms with Crippen LogP contribution in [0.25, 0.3) is 10.8 Å². The standard InChI is InChI=1S/C16H19NO2/c18-10-14(16-15(19)7-8-17-16)13-6-5-11-3-1-2-4-12(11)9-13/h1-6,9,14-19H,7-8,10H2/t14?,15-,16?/m1/s1. The van der Waals surface area contributed by atoms with E-state index in [0.717, 1.165) is 18.5 Å². The van der Waals surface area contributed by atoms with Gasteiger partial charge in [-0.05, 0) is 29.3 Å². The second kappa shape index (κ2) is 5.29. The molecule has 0 aliphatic carbocycles. The van der Waals surface area contributed by atoms with Crippen LogP contribution in [0.1, 0.15) is 17.9 Å². The van der Waals surface area contributed by atoms with Crippen LogP contribution in [0.4, 0.5) is 0 Å². The Labute approximate surface area is 112 Å². The van der Waals surface area contributed by atoms with Gasteiger partial charge in [-0.25, -0.2) is 0 Å². The second-order valence-corrected chi connectivity index (χ2v) is 5.23. The van der Waals surface area contributed by atoms with Gasteiger partial charge < -0.3 is 15.5 Å². The Hall–Kier alpha value is -1.42. The number of benzene rings is 2. The molecule has 100 valence electrons. The molecule has 1 aliphatic rings. The van der Waals surface area contributed by atoms with Gasteiger partial charge in [-0.2, -0.15) is 0 Å². The largest absolute Gasteiger partial charge is 0.396 e. The van der Waals surface area contributed by atoms with Gasteiger partial charge in [0.2, 0.25) is 0 Å². The van der Waals surface area contributed by atoms with Crippen LogP contribution in [0.5, 0.6) is 0 Å². The predicted octanol–water partition coefficient (Wildman–Crippen LogP) is 1.64. The molecule has 1 fully saturated rings. The average Bonchev–Trinajstić information content (AvgIpc) is 2.86. The van der Waals surface area contributed by atoms with Crippen molar-refractivity contribution < 1.29 is 10.2 Å². The lowest BCUT2D eigenvalue weighted by molar-refractivity contribution is 0.127. The van der Waals surface area contributed by atoms with Crippen LogP contribution in [0.15, 0.2) is 42.5 Å². The Balaban J connectivity index is 1.96. The first kappa shape index (κ1) is 12.6. The zero-order valence-corrected chi connectivity index (χ0v) is 10.8. The highest BCUT2D eigenvalue weighted by Crippen LogP contribution is 2.28. The van der Waals surface area contributed by atoms with Gasteiger partial charge in [-0.3, -0.25) is 0 Å². The number of fused-ring (bicyclic) bond motifs is 1. The van der Waals surface area contributed by atoms with Crippen LogP contribution in [0.2, 0.25) is 0 Å². The Kier molecular flexibility index (Phi) is 3.51. The van der Waals surface area contributed by atoms with Gasteiger partial charge in [0.25, 0.3) is 0 Å². The second-order valence-electron chi connectivity index (χ2n) is 5.23. The highest BCUT2D eigenvalue weighted by molar-refractivity contribution is 5.83. The molecule has 0 saturated carbocycles. The molecular weight excluding hydrogens is 238 g/mol. The zero-order chi connectivity index (χ0) is 13.2. The molecule has 2 aromatic carbocycles. The Morgan fingerprint density at radius 1 is 1.16 bits per heavy atom. The molecule has 0 radical (unpaired) electrons. The molecule has 0 aromatic heterocycles. The van der Waals surface area contributed by atoms with Crippen molar-refractivity contribution in [3.63, 3.8) is 0 Å². The van der Waals surface area contributed by atoms with Crippen LogP contribution in [0, 0.1) is 0 Å². The van der Waals surface area contributed by atoms with Crippen LogP contribution < -0.4 is 5.32 Å². The predicted molar refractivity (Wildman–Crippen MR) is 76.2 cm³/mol. The minimum absolute atomic E-state index is 0.0487. The fourth-order valence-electron chi connectivity index (χ4n) is 2.99. The van der Waals surface area contributed by atoms with E-state index in [1.54, 1.807) is 0 Å². The van der Waals surface area contributed by atoms with Gasteiger partial charge in [0, 0.05) is 12.0 Å². The van der Waals surface area contributed by atoms with Crippen molar-refractivity contribution in [3.05, 3.63) is 48.0 Å². The van der Waals surface area contributed by atoms with E-state index in [0.29, 0.717) is 0 Å². The van der Waals surface area contributed by atoms with Crippen molar-refractivity contribution >= 4 is 10.8 Å². The number of rotatable bonds is 3. The molecule has 1 saturated heterocycles. The summed E-state index contributed by atoms with van der Waals surface area (Å²) in [7, 11) is 0. The fourth-order valence-corrected chi connectivity index (χ4v) is 2.99. The highest BCUT2D eigenvalue weighted by atomic mass is 16.3. The lowest BCUT2D eigenvalue weighted by atomic mass is 9.88. The molecule has 0 amide bonds. The van der Waals surface area contributed by atoms with Gasteiger partial charge in [0.15, 0.2) is 0 Å². The normalized spacial score (nSPS) is 24.7. The lowest BCUT2D eigenvalue weighted by Gasteiger charge is -2.25. The summed E-state index contributed by atoms with van der Waals surface area (Å²) >= 11 is 0. The minimum atomic E-state index is -0.372. The summed E-state index contributed by atoms with van der Waals surface area (Å²) in [5, 5.41) is 25.3. The molecule has 3 rings (SSSR count). The van der Waals surface area contributed by atoms with Crippen LogP contribution >= 0.6 is 0 Å². The molecule has 2 unspecified atom stereocenters. The van der Waals surface area contributed by atoms with E-state index in [9.17, 15) is 10.2 Å². The quantitative estimate of drug-likeness (QED) is 0.783. The van der Waals surface area contributed by atoms with E-state index in [2.05, 4.69) is 35.6 Å². The average molecular weight is 257 g/mol. The molecule has 0 spiro atoms. The maximum Gasteiger partial charge on any atom is 0.0712 e. The number of aliphatic hydroxyl groups is 2. The molecule has 3 N–H and O–H groups in total. The summed E-state index contributed by atoms with van der Waals surface area (Å²) < 4.78 is 0. The maximum atomic E-state index is 9.99. The van der Waals surface area contributed by atoms with E-state index >= 15 is 0 Å². The summed E-state index contributed by atoms with van der Waals surface area (Å²) in [6.45, 7) is 0.864. The molecule has 1 heterocycles. The molecule has 3 atom stereocenters. The van der Waals surface area contributed by atoms with Crippen LogP contribution in [-0.4, -0.2) is 35.5 Å². The molecule has 0 bridgehead atoms. The zero-order valence-electron chi connectivity index (χ0n) is 10.8. The molecule has 3 heteroatoms. The minimum Gasteiger partial charge on any atom is -0.396 e. The van der Waals surface area contributed by atoms with E-state index < -0.39 is 0 Å². The SMILES string of the molecule is OCC(c1ccc2ccccc2c1)C1NCC[C@H]1O. The molecule has 3 nitrogen and oxygen atoms in total.